The minimum atomic E-state index is -0.510. The highest BCUT2D eigenvalue weighted by Crippen LogP contribution is 2.25. The molecule has 0 aromatic carbocycles. The van der Waals surface area contributed by atoms with E-state index in [2.05, 4.69) is 5.32 Å². The molecule has 0 aromatic heterocycles. The molecule has 2 heteroatoms. The third-order valence-corrected chi connectivity index (χ3v) is 3.23. The summed E-state index contributed by atoms with van der Waals surface area (Å²) >= 11 is 0. The maximum absolute atomic E-state index is 12.8. The van der Waals surface area contributed by atoms with Crippen molar-refractivity contribution < 1.29 is 4.39 Å². The predicted molar refractivity (Wildman–Crippen MR) is 47.9 cm³/mol. The second kappa shape index (κ2) is 3.73. The zero-order valence-corrected chi connectivity index (χ0v) is 7.56. The highest BCUT2D eigenvalue weighted by atomic mass is 19.1. The molecule has 0 spiro atoms. The van der Waals surface area contributed by atoms with E-state index < -0.39 is 6.17 Å². The van der Waals surface area contributed by atoms with Crippen molar-refractivity contribution in [1.29, 1.82) is 0 Å². The van der Waals surface area contributed by atoms with Gasteiger partial charge in [0.1, 0.15) is 6.17 Å². The van der Waals surface area contributed by atoms with Crippen molar-refractivity contribution in [3.63, 3.8) is 0 Å². The number of rotatable bonds is 2. The van der Waals surface area contributed by atoms with Crippen LogP contribution in [0.5, 0.6) is 0 Å². The Hall–Kier alpha value is -0.110. The van der Waals surface area contributed by atoms with Crippen LogP contribution >= 0.6 is 0 Å². The third kappa shape index (κ3) is 1.98. The first-order valence-electron chi connectivity index (χ1n) is 5.25. The summed E-state index contributed by atoms with van der Waals surface area (Å²) in [6.07, 6.45) is 7.23. The zero-order chi connectivity index (χ0) is 8.39. The smallest absolute Gasteiger partial charge is 0.100 e. The van der Waals surface area contributed by atoms with Crippen molar-refractivity contribution in [1.82, 2.24) is 5.32 Å². The van der Waals surface area contributed by atoms with E-state index in [1.807, 2.05) is 0 Å². The predicted octanol–water partition coefficient (Wildman–Crippen LogP) is 2.41. The fraction of sp³-hybridized carbons (Fsp3) is 1.00. The molecule has 0 saturated heterocycles. The Balaban J connectivity index is 1.67. The number of hydrogen-bond donors (Lipinski definition) is 1. The molecular weight excluding hydrogens is 153 g/mol. The highest BCUT2D eigenvalue weighted by molar-refractivity contribution is 4.84. The highest BCUT2D eigenvalue weighted by Gasteiger charge is 2.25. The summed E-state index contributed by atoms with van der Waals surface area (Å²) in [6, 6.07) is 1.40. The van der Waals surface area contributed by atoms with Crippen LogP contribution in [0.4, 0.5) is 4.39 Å². The summed E-state index contributed by atoms with van der Waals surface area (Å²) in [6.45, 7) is 0. The van der Waals surface area contributed by atoms with E-state index in [9.17, 15) is 4.39 Å². The van der Waals surface area contributed by atoms with Crippen molar-refractivity contribution in [3.05, 3.63) is 0 Å². The van der Waals surface area contributed by atoms with Crippen molar-refractivity contribution >= 4 is 0 Å². The first-order chi connectivity index (χ1) is 5.84. The fourth-order valence-electron chi connectivity index (χ4n) is 2.13. The molecule has 12 heavy (non-hydrogen) atoms. The number of hydrogen-bond acceptors (Lipinski definition) is 1. The molecule has 2 aliphatic rings. The van der Waals surface area contributed by atoms with E-state index in [1.165, 1.54) is 19.3 Å². The lowest BCUT2D eigenvalue weighted by Crippen LogP contribution is -2.44. The Morgan fingerprint density at radius 2 is 1.42 bits per heavy atom. The number of nitrogens with one attached hydrogen (secondary N) is 1. The lowest BCUT2D eigenvalue weighted by molar-refractivity contribution is 0.196. The lowest BCUT2D eigenvalue weighted by atomic mass is 9.88. The van der Waals surface area contributed by atoms with Gasteiger partial charge in [0, 0.05) is 12.1 Å². The van der Waals surface area contributed by atoms with E-state index in [4.69, 9.17) is 0 Å². The van der Waals surface area contributed by atoms with Gasteiger partial charge in [0.05, 0.1) is 0 Å². The molecule has 2 saturated carbocycles. The Morgan fingerprint density at radius 3 is 1.92 bits per heavy atom. The third-order valence-electron chi connectivity index (χ3n) is 3.23. The standard InChI is InChI=1S/C10H18FN/c11-8-4-6-10(7-5-8)12-9-2-1-3-9/h8-10,12H,1-7H2. The fourth-order valence-corrected chi connectivity index (χ4v) is 2.13. The van der Waals surface area contributed by atoms with Crippen LogP contribution in [-0.4, -0.2) is 18.3 Å². The minimum absolute atomic E-state index is 0.510. The molecule has 0 radical (unpaired) electrons. The van der Waals surface area contributed by atoms with Gasteiger partial charge in [-0.25, -0.2) is 4.39 Å². The zero-order valence-electron chi connectivity index (χ0n) is 7.56. The van der Waals surface area contributed by atoms with E-state index >= 15 is 0 Å². The van der Waals surface area contributed by atoms with Crippen LogP contribution in [-0.2, 0) is 0 Å². The van der Waals surface area contributed by atoms with E-state index in [0.717, 1.165) is 31.7 Å². The first-order valence-corrected chi connectivity index (χ1v) is 5.25. The molecule has 2 fully saturated rings. The second-order valence-electron chi connectivity index (χ2n) is 4.24. The lowest BCUT2D eigenvalue weighted by Gasteiger charge is -2.34. The van der Waals surface area contributed by atoms with Gasteiger partial charge < -0.3 is 5.32 Å². The maximum Gasteiger partial charge on any atom is 0.100 e. The summed E-state index contributed by atoms with van der Waals surface area (Å²) < 4.78 is 12.8. The molecule has 0 amide bonds. The van der Waals surface area contributed by atoms with Gasteiger partial charge in [0.15, 0.2) is 0 Å². The van der Waals surface area contributed by atoms with Crippen LogP contribution in [0.1, 0.15) is 44.9 Å². The minimum Gasteiger partial charge on any atom is -0.311 e. The molecule has 0 aliphatic heterocycles. The first kappa shape index (κ1) is 8.49. The Labute approximate surface area is 73.7 Å². The molecule has 0 unspecified atom stereocenters. The molecule has 1 N–H and O–H groups in total. The van der Waals surface area contributed by atoms with Crippen molar-refractivity contribution in [2.45, 2.75) is 63.2 Å². The molecule has 1 nitrogen and oxygen atoms in total. The molecule has 0 bridgehead atoms. The Kier molecular flexibility index (Phi) is 2.64. The molecule has 0 heterocycles. The molecule has 70 valence electrons. The van der Waals surface area contributed by atoms with Crippen LogP contribution in [0, 0.1) is 0 Å². The van der Waals surface area contributed by atoms with Gasteiger partial charge in [0.25, 0.3) is 0 Å². The average molecular weight is 171 g/mol. The van der Waals surface area contributed by atoms with Crippen molar-refractivity contribution in [3.8, 4) is 0 Å². The summed E-state index contributed by atoms with van der Waals surface area (Å²) in [4.78, 5) is 0. The molecule has 2 rings (SSSR count). The topological polar surface area (TPSA) is 12.0 Å². The van der Waals surface area contributed by atoms with Crippen molar-refractivity contribution in [2.75, 3.05) is 0 Å². The monoisotopic (exact) mass is 171 g/mol. The Morgan fingerprint density at radius 1 is 0.833 bits per heavy atom. The number of halogens is 1. The number of alkyl halides is 1. The van der Waals surface area contributed by atoms with Gasteiger partial charge in [-0.3, -0.25) is 0 Å². The SMILES string of the molecule is FC1CCC(NC2CCC2)CC1. The van der Waals surface area contributed by atoms with Crippen LogP contribution in [0.15, 0.2) is 0 Å². The van der Waals surface area contributed by atoms with Gasteiger partial charge in [0.2, 0.25) is 0 Å². The van der Waals surface area contributed by atoms with Gasteiger partial charge in [-0.2, -0.15) is 0 Å². The van der Waals surface area contributed by atoms with Crippen LogP contribution in [0.25, 0.3) is 0 Å². The summed E-state index contributed by atoms with van der Waals surface area (Å²) in [5.41, 5.74) is 0. The normalized spacial score (nSPS) is 37.8. The van der Waals surface area contributed by atoms with Crippen LogP contribution in [0.3, 0.4) is 0 Å². The largest absolute Gasteiger partial charge is 0.311 e. The van der Waals surface area contributed by atoms with Gasteiger partial charge in [-0.1, -0.05) is 6.42 Å². The summed E-state index contributed by atoms with van der Waals surface area (Å²) in [5, 5.41) is 3.61. The van der Waals surface area contributed by atoms with E-state index in [-0.39, 0.29) is 0 Å². The van der Waals surface area contributed by atoms with Crippen LogP contribution < -0.4 is 5.32 Å². The molecule has 0 atom stereocenters. The van der Waals surface area contributed by atoms with Gasteiger partial charge >= 0.3 is 0 Å². The summed E-state index contributed by atoms with van der Waals surface area (Å²) in [5.74, 6) is 0. The molecule has 0 aromatic rings. The average Bonchev–Trinajstić information content (AvgIpc) is 2.00. The van der Waals surface area contributed by atoms with E-state index in [0.29, 0.717) is 6.04 Å². The molecular formula is C10H18FN. The van der Waals surface area contributed by atoms with Gasteiger partial charge in [-0.15, -0.1) is 0 Å². The maximum atomic E-state index is 12.8. The summed E-state index contributed by atoms with van der Waals surface area (Å²) in [7, 11) is 0. The van der Waals surface area contributed by atoms with Crippen molar-refractivity contribution in [2.24, 2.45) is 0 Å². The quantitative estimate of drug-likeness (QED) is 0.672. The van der Waals surface area contributed by atoms with Crippen LogP contribution in [0.2, 0.25) is 0 Å². The van der Waals surface area contributed by atoms with Gasteiger partial charge in [-0.05, 0) is 38.5 Å². The molecule has 2 aliphatic carbocycles. The second-order valence-corrected chi connectivity index (χ2v) is 4.24. The van der Waals surface area contributed by atoms with E-state index in [1.54, 1.807) is 0 Å². The Bertz CT molecular complexity index is 137.